The van der Waals surface area contributed by atoms with Crippen molar-refractivity contribution in [1.82, 2.24) is 0 Å². The molecule has 0 saturated carbocycles. The standard InChI is InChI=1S/C76H66O12/c77-67(85-45-63-25-23-53-21-19-49-7-1-9-51-27-29-65(63)71(53)69(49)51)47-87-75-59-15-5-16-60(75)42-56-12-4-14-58-44-62-18-6-17-61(76(62)88-48-68(78)86-46-64-26-24-54-22-20-50-8-2-10-52-28-30-66(64)72(54)70(50)52)43-57-13-3-11-55(41-59)73(57)83-39-37-81-35-33-79-31-32-80-34-36-82-38-40-84-74(56)58/h1-30H,31-48H2. The van der Waals surface area contributed by atoms with Crippen molar-refractivity contribution in [3.05, 3.63) is 238 Å². The largest absolute Gasteiger partial charge is 0.491 e. The fraction of sp³-hybridized carbons (Fsp3) is 0.237. The molecule has 0 saturated heterocycles. The van der Waals surface area contributed by atoms with E-state index in [9.17, 15) is 9.59 Å². The van der Waals surface area contributed by atoms with Crippen molar-refractivity contribution in [2.24, 2.45) is 0 Å². The Labute approximate surface area is 510 Å². The van der Waals surface area contributed by atoms with Gasteiger partial charge in [0, 0.05) is 25.7 Å². The molecule has 12 nitrogen and oxygen atoms in total. The monoisotopic (exact) mass is 1170 g/mol. The van der Waals surface area contributed by atoms with Crippen molar-refractivity contribution >= 4 is 76.6 Å². The Bertz CT molecular complexity index is 4090. The number of para-hydroxylation sites is 4. The van der Waals surface area contributed by atoms with Gasteiger partial charge in [-0.3, -0.25) is 0 Å². The van der Waals surface area contributed by atoms with Crippen LogP contribution in [0.25, 0.3) is 64.6 Å². The van der Waals surface area contributed by atoms with E-state index in [4.69, 9.17) is 47.4 Å². The van der Waals surface area contributed by atoms with Crippen LogP contribution in [0, 0.1) is 0 Å². The Kier molecular flexibility index (Phi) is 16.7. The molecule has 0 radical (unpaired) electrons. The van der Waals surface area contributed by atoms with Crippen molar-refractivity contribution in [3.63, 3.8) is 0 Å². The smallest absolute Gasteiger partial charge is 0.344 e. The van der Waals surface area contributed by atoms with Crippen molar-refractivity contribution < 1.29 is 57.0 Å². The van der Waals surface area contributed by atoms with E-state index < -0.39 is 11.9 Å². The molecule has 1 aliphatic carbocycles. The minimum atomic E-state index is -0.493. The van der Waals surface area contributed by atoms with Gasteiger partial charge in [-0.2, -0.15) is 0 Å². The van der Waals surface area contributed by atoms with Crippen LogP contribution < -0.4 is 18.9 Å². The summed E-state index contributed by atoms with van der Waals surface area (Å²) in [5, 5.41) is 13.8. The van der Waals surface area contributed by atoms with Gasteiger partial charge >= 0.3 is 11.9 Å². The number of hydrogen-bond donors (Lipinski definition) is 0. The van der Waals surface area contributed by atoms with Gasteiger partial charge in [-0.15, -0.1) is 0 Å². The van der Waals surface area contributed by atoms with Crippen molar-refractivity contribution in [3.8, 4) is 23.0 Å². The summed E-state index contributed by atoms with van der Waals surface area (Å²) in [6.07, 6.45) is 1.57. The first kappa shape index (κ1) is 56.5. The molecule has 14 rings (SSSR count). The zero-order valence-corrected chi connectivity index (χ0v) is 48.9. The average Bonchev–Trinajstić information content (AvgIpc) is 1.28. The fourth-order valence-corrected chi connectivity index (χ4v) is 12.9. The van der Waals surface area contributed by atoms with E-state index in [0.717, 1.165) is 88.0 Å². The SMILES string of the molecule is O=C(COc1c2cccc1Cc1cccc3c1OCCOCCOCCOCCOCCOc1c(cccc1Cc1cccc(c1OCC(=O)OCc1ccc4ccc5cccc6ccc1c4c56)C3)C2)OCc1ccc2ccc3cccc4ccc1c2c34. The lowest BCUT2D eigenvalue weighted by atomic mass is 9.91. The van der Waals surface area contributed by atoms with Crippen LogP contribution in [0.4, 0.5) is 0 Å². The van der Waals surface area contributed by atoms with Gasteiger partial charge < -0.3 is 47.4 Å². The van der Waals surface area contributed by atoms with Crippen LogP contribution in [-0.2, 0) is 76.9 Å². The molecule has 1 heterocycles. The van der Waals surface area contributed by atoms with Crippen molar-refractivity contribution in [2.75, 3.05) is 79.3 Å². The van der Waals surface area contributed by atoms with E-state index >= 15 is 0 Å². The lowest BCUT2D eigenvalue weighted by Crippen LogP contribution is -2.17. The summed E-state index contributed by atoms with van der Waals surface area (Å²) in [5.74, 6) is 1.54. The number of fused-ring (bicyclic) bond motifs is 2. The number of benzene rings is 12. The van der Waals surface area contributed by atoms with Crippen LogP contribution in [0.15, 0.2) is 182 Å². The molecular formula is C76H66O12. The van der Waals surface area contributed by atoms with Gasteiger partial charge in [0.05, 0.1) is 52.9 Å². The highest BCUT2D eigenvalue weighted by molar-refractivity contribution is 6.24. The maximum Gasteiger partial charge on any atom is 0.344 e. The van der Waals surface area contributed by atoms with E-state index in [0.29, 0.717) is 102 Å². The van der Waals surface area contributed by atoms with Crippen LogP contribution in [-0.4, -0.2) is 91.2 Å². The van der Waals surface area contributed by atoms with Gasteiger partial charge in [0.25, 0.3) is 0 Å². The maximum absolute atomic E-state index is 14.1. The molecule has 0 atom stereocenters. The van der Waals surface area contributed by atoms with E-state index in [1.54, 1.807) is 0 Å². The van der Waals surface area contributed by atoms with Crippen LogP contribution in [0.3, 0.4) is 0 Å². The van der Waals surface area contributed by atoms with Crippen LogP contribution in [0.2, 0.25) is 0 Å². The first-order valence-electron chi connectivity index (χ1n) is 30.3. The zero-order chi connectivity index (χ0) is 59.2. The van der Waals surface area contributed by atoms with Gasteiger partial charge in [-0.05, 0) is 120 Å². The molecule has 0 N–H and O–H groups in total. The molecule has 0 fully saturated rings. The third-order valence-electron chi connectivity index (χ3n) is 17.0. The maximum atomic E-state index is 14.1. The van der Waals surface area contributed by atoms with Crippen LogP contribution >= 0.6 is 0 Å². The van der Waals surface area contributed by atoms with Gasteiger partial charge in [-0.1, -0.05) is 182 Å². The number of rotatable bonds is 10. The summed E-state index contributed by atoms with van der Waals surface area (Å²) in [7, 11) is 0. The predicted octanol–water partition coefficient (Wildman–Crippen LogP) is 14.2. The second-order valence-corrected chi connectivity index (χ2v) is 22.5. The molecule has 0 aromatic heterocycles. The Balaban J connectivity index is 0.788. The van der Waals surface area contributed by atoms with Gasteiger partial charge in [0.1, 0.15) is 49.4 Å². The summed E-state index contributed by atoms with van der Waals surface area (Å²) < 4.78 is 63.0. The zero-order valence-electron chi connectivity index (χ0n) is 48.9. The third-order valence-corrected chi connectivity index (χ3v) is 17.0. The molecule has 0 unspecified atom stereocenters. The van der Waals surface area contributed by atoms with Gasteiger partial charge in [0.15, 0.2) is 13.2 Å². The average molecular weight is 1170 g/mol. The van der Waals surface area contributed by atoms with Crippen LogP contribution in [0.1, 0.15) is 55.6 Å². The molecule has 88 heavy (non-hydrogen) atoms. The van der Waals surface area contributed by atoms with Crippen LogP contribution in [0.5, 0.6) is 23.0 Å². The summed E-state index contributed by atoms with van der Waals surface area (Å²) in [5.41, 5.74) is 8.85. The molecule has 12 aromatic rings. The Morgan fingerprint density at radius 1 is 0.307 bits per heavy atom. The second-order valence-electron chi connectivity index (χ2n) is 22.5. The predicted molar refractivity (Wildman–Crippen MR) is 342 cm³/mol. The highest BCUT2D eigenvalue weighted by atomic mass is 16.6. The molecule has 0 spiro atoms. The number of esters is 2. The van der Waals surface area contributed by atoms with Crippen molar-refractivity contribution in [1.29, 1.82) is 0 Å². The lowest BCUT2D eigenvalue weighted by molar-refractivity contribution is -0.148. The van der Waals surface area contributed by atoms with E-state index in [-0.39, 0.29) is 39.6 Å². The third kappa shape index (κ3) is 12.0. The summed E-state index contributed by atoms with van der Waals surface area (Å²) in [6, 6.07) is 62.7. The summed E-state index contributed by atoms with van der Waals surface area (Å²) >= 11 is 0. The molecule has 2 aliphatic rings. The minimum absolute atomic E-state index is 0.0850. The molecule has 12 heteroatoms. The fourth-order valence-electron chi connectivity index (χ4n) is 12.9. The molecule has 1 aliphatic heterocycles. The topological polar surface area (TPSA) is 126 Å². The lowest BCUT2D eigenvalue weighted by Gasteiger charge is -2.22. The second kappa shape index (κ2) is 26.0. The number of ether oxygens (including phenoxy) is 10. The Hall–Kier alpha value is -9.30. The number of hydrogen-bond acceptors (Lipinski definition) is 12. The molecule has 10 bridgehead atoms. The molecule has 442 valence electrons. The molecular weight excluding hydrogens is 1100 g/mol. The number of carbonyl (C=O) groups is 2. The highest BCUT2D eigenvalue weighted by Crippen LogP contribution is 2.41. The van der Waals surface area contributed by atoms with E-state index in [1.807, 2.05) is 60.7 Å². The van der Waals surface area contributed by atoms with E-state index in [1.165, 1.54) is 32.3 Å². The summed E-state index contributed by atoms with van der Waals surface area (Å²) in [6.45, 7) is 3.11. The Morgan fingerprint density at radius 2 is 0.591 bits per heavy atom. The molecule has 12 aromatic carbocycles. The first-order valence-corrected chi connectivity index (χ1v) is 30.3. The normalized spacial score (nSPS) is 14.7. The Morgan fingerprint density at radius 3 is 0.943 bits per heavy atom. The minimum Gasteiger partial charge on any atom is -0.491 e. The van der Waals surface area contributed by atoms with E-state index in [2.05, 4.69) is 121 Å². The number of carbonyl (C=O) groups excluding carboxylic acids is 2. The quantitative estimate of drug-likeness (QED) is 0.0955. The molecule has 0 amide bonds. The first-order chi connectivity index (χ1) is 43.5. The van der Waals surface area contributed by atoms with Gasteiger partial charge in [-0.25, -0.2) is 9.59 Å². The van der Waals surface area contributed by atoms with Crippen molar-refractivity contribution in [2.45, 2.75) is 38.9 Å². The summed E-state index contributed by atoms with van der Waals surface area (Å²) in [4.78, 5) is 28.1. The highest BCUT2D eigenvalue weighted by Gasteiger charge is 2.24. The van der Waals surface area contributed by atoms with Gasteiger partial charge in [0.2, 0.25) is 0 Å².